The molecule has 6 nitrogen and oxygen atoms in total. The average molecular weight is 544 g/mol. The molecule has 0 spiro atoms. The number of benzene rings is 2. The van der Waals surface area contributed by atoms with Crippen LogP contribution in [0.25, 0.3) is 11.1 Å². The van der Waals surface area contributed by atoms with Crippen molar-refractivity contribution in [1.82, 2.24) is 10.1 Å². The Balaban J connectivity index is 1.16. The Morgan fingerprint density at radius 3 is 2.25 bits per heavy atom. The molecule has 4 bridgehead atoms. The zero-order valence-electron chi connectivity index (χ0n) is 23.7. The van der Waals surface area contributed by atoms with Crippen molar-refractivity contribution in [1.29, 1.82) is 0 Å². The summed E-state index contributed by atoms with van der Waals surface area (Å²) in [5.41, 5.74) is 1.40. The number of rotatable bonds is 8. The molecule has 9 rings (SSSR count). The molecule has 0 radical (unpaired) electrons. The van der Waals surface area contributed by atoms with Gasteiger partial charge in [-0.05, 0) is 98.6 Å². The molecule has 0 aliphatic heterocycles. The molecule has 6 fully saturated rings. The van der Waals surface area contributed by atoms with E-state index < -0.39 is 11.1 Å². The monoisotopic (exact) mass is 543 g/mol. The second kappa shape index (κ2) is 8.89. The third kappa shape index (κ3) is 3.99. The van der Waals surface area contributed by atoms with Gasteiger partial charge in [-0.25, -0.2) is 4.39 Å². The predicted molar refractivity (Wildman–Crippen MR) is 151 cm³/mol. The molecular formula is C33H38FN3O3. The number of alkyl halides is 1. The molecule has 0 N–H and O–H groups in total. The molecule has 6 aliphatic carbocycles. The number of hydrogen-bond acceptors (Lipinski definition) is 5. The maximum Gasteiger partial charge on any atom is 0.233 e. The summed E-state index contributed by atoms with van der Waals surface area (Å²) in [6, 6.07) is 16.3. The molecule has 0 saturated heterocycles. The van der Waals surface area contributed by atoms with Crippen LogP contribution in [-0.4, -0.2) is 35.4 Å². The number of fused-ring (bicyclic) bond motifs is 3. The molecule has 6 aliphatic rings. The zero-order valence-corrected chi connectivity index (χ0v) is 23.7. The van der Waals surface area contributed by atoms with Crippen LogP contribution < -0.4 is 9.64 Å². The van der Waals surface area contributed by atoms with E-state index in [1.54, 1.807) is 7.11 Å². The summed E-state index contributed by atoms with van der Waals surface area (Å²) in [7, 11) is 1.66. The second-order valence-electron chi connectivity index (χ2n) is 13.5. The van der Waals surface area contributed by atoms with E-state index in [0.717, 1.165) is 72.8 Å². The van der Waals surface area contributed by atoms with Crippen molar-refractivity contribution in [3.8, 4) is 16.9 Å². The van der Waals surface area contributed by atoms with Gasteiger partial charge in [0, 0.05) is 23.6 Å². The Labute approximate surface area is 235 Å². The standard InChI is InChI=1S/C33H38FN3O3/c1-22(2)27-35-28(40-36-27)31-14-11-30(12-15-31,13-16-31)21-37(29(38)32-18-33(34,19-32)20-32)25-6-4-5-24(17-25)23-7-9-26(39-3)10-8-23/h4-10,17,22H,11-16,18-21H2,1-3H3. The molecule has 2 aromatic carbocycles. The fraction of sp³-hybridized carbons (Fsp3) is 0.545. The first-order valence-electron chi connectivity index (χ1n) is 14.8. The first-order chi connectivity index (χ1) is 19.2. The van der Waals surface area contributed by atoms with E-state index >= 15 is 0 Å². The SMILES string of the molecule is COc1ccc(-c2cccc(N(CC34CCC(c5nc(C(C)C)no5)(CC3)CC4)C(=O)C34CC(F)(C3)C4)c2)cc1. The van der Waals surface area contributed by atoms with Crippen molar-refractivity contribution in [2.75, 3.05) is 18.6 Å². The van der Waals surface area contributed by atoms with Crippen LogP contribution in [0.3, 0.4) is 0 Å². The summed E-state index contributed by atoms with van der Waals surface area (Å²) in [4.78, 5) is 21.0. The quantitative estimate of drug-likeness (QED) is 0.296. The van der Waals surface area contributed by atoms with Gasteiger partial charge in [0.05, 0.1) is 12.5 Å². The summed E-state index contributed by atoms with van der Waals surface area (Å²) in [5, 5.41) is 4.25. The average Bonchev–Trinajstić information content (AvgIpc) is 3.47. The number of carbonyl (C=O) groups excluding carboxylic acids is 1. The highest BCUT2D eigenvalue weighted by Crippen LogP contribution is 2.70. The number of nitrogens with zero attached hydrogens (tertiary/aromatic N) is 3. The van der Waals surface area contributed by atoms with Crippen LogP contribution in [0, 0.1) is 10.8 Å². The van der Waals surface area contributed by atoms with Gasteiger partial charge in [0.15, 0.2) is 5.82 Å². The topological polar surface area (TPSA) is 68.5 Å². The van der Waals surface area contributed by atoms with Crippen molar-refractivity contribution < 1.29 is 18.4 Å². The molecule has 7 heteroatoms. The summed E-state index contributed by atoms with van der Waals surface area (Å²) in [6.45, 7) is 4.85. The number of halogens is 1. The molecule has 0 unspecified atom stereocenters. The third-order valence-corrected chi connectivity index (χ3v) is 10.6. The van der Waals surface area contributed by atoms with E-state index in [9.17, 15) is 9.18 Å². The van der Waals surface area contributed by atoms with Crippen LogP contribution in [0.15, 0.2) is 53.1 Å². The van der Waals surface area contributed by atoms with Gasteiger partial charge in [-0.2, -0.15) is 4.98 Å². The van der Waals surface area contributed by atoms with Crippen LogP contribution in [-0.2, 0) is 10.2 Å². The molecule has 40 heavy (non-hydrogen) atoms. The smallest absolute Gasteiger partial charge is 0.233 e. The summed E-state index contributed by atoms with van der Waals surface area (Å²) >= 11 is 0. The Hall–Kier alpha value is -3.22. The fourth-order valence-corrected chi connectivity index (χ4v) is 7.94. The lowest BCUT2D eigenvalue weighted by molar-refractivity contribution is -0.211. The van der Waals surface area contributed by atoms with Crippen molar-refractivity contribution in [3.63, 3.8) is 0 Å². The van der Waals surface area contributed by atoms with Gasteiger partial charge in [0.25, 0.3) is 0 Å². The fourth-order valence-electron chi connectivity index (χ4n) is 7.94. The minimum Gasteiger partial charge on any atom is -0.497 e. The third-order valence-electron chi connectivity index (χ3n) is 10.6. The van der Waals surface area contributed by atoms with Crippen molar-refractivity contribution >= 4 is 11.6 Å². The molecular weight excluding hydrogens is 505 g/mol. The Morgan fingerprint density at radius 1 is 1.00 bits per heavy atom. The second-order valence-corrected chi connectivity index (χ2v) is 13.5. The number of anilines is 1. The molecule has 0 atom stereocenters. The van der Waals surface area contributed by atoms with Gasteiger partial charge in [0.2, 0.25) is 11.8 Å². The molecule has 1 aromatic heterocycles. The lowest BCUT2D eigenvalue weighted by atomic mass is 9.41. The van der Waals surface area contributed by atoms with Gasteiger partial charge in [0.1, 0.15) is 11.4 Å². The lowest BCUT2D eigenvalue weighted by Crippen LogP contribution is -2.71. The van der Waals surface area contributed by atoms with Gasteiger partial charge in [-0.1, -0.05) is 43.3 Å². The molecule has 6 saturated carbocycles. The van der Waals surface area contributed by atoms with Gasteiger partial charge >= 0.3 is 0 Å². The van der Waals surface area contributed by atoms with Crippen molar-refractivity contribution in [2.45, 2.75) is 88.6 Å². The maximum atomic E-state index is 14.5. The normalized spacial score (nSPS) is 31.9. The highest BCUT2D eigenvalue weighted by molar-refractivity contribution is 6.00. The highest BCUT2D eigenvalue weighted by atomic mass is 19.1. The van der Waals surface area contributed by atoms with Gasteiger partial charge < -0.3 is 14.2 Å². The first-order valence-corrected chi connectivity index (χ1v) is 14.8. The highest BCUT2D eigenvalue weighted by Gasteiger charge is 2.73. The van der Waals surface area contributed by atoms with E-state index in [4.69, 9.17) is 14.2 Å². The van der Waals surface area contributed by atoms with Crippen molar-refractivity contribution in [3.05, 3.63) is 60.2 Å². The van der Waals surface area contributed by atoms with E-state index in [0.29, 0.717) is 25.8 Å². The van der Waals surface area contributed by atoms with Crippen LogP contribution in [0.5, 0.6) is 5.75 Å². The van der Waals surface area contributed by atoms with Crippen molar-refractivity contribution in [2.24, 2.45) is 10.8 Å². The zero-order chi connectivity index (χ0) is 27.8. The van der Waals surface area contributed by atoms with Crippen LogP contribution in [0.4, 0.5) is 10.1 Å². The minimum absolute atomic E-state index is 0.0422. The summed E-state index contributed by atoms with van der Waals surface area (Å²) < 4.78 is 25.7. The molecule has 1 heterocycles. The van der Waals surface area contributed by atoms with Gasteiger partial charge in [-0.3, -0.25) is 4.79 Å². The Bertz CT molecular complexity index is 1400. The molecule has 210 valence electrons. The Morgan fingerprint density at radius 2 is 1.68 bits per heavy atom. The lowest BCUT2D eigenvalue weighted by Gasteiger charge is -2.65. The minimum atomic E-state index is -1.11. The van der Waals surface area contributed by atoms with Gasteiger partial charge in [-0.15, -0.1) is 0 Å². The summed E-state index contributed by atoms with van der Waals surface area (Å²) in [6.07, 6.45) is 7.19. The molecule has 3 aromatic rings. The Kier molecular flexibility index (Phi) is 5.72. The maximum absolute atomic E-state index is 14.5. The number of carbonyl (C=O) groups is 1. The van der Waals surface area contributed by atoms with E-state index in [1.807, 2.05) is 41.3 Å². The predicted octanol–water partition coefficient (Wildman–Crippen LogP) is 7.39. The number of amides is 1. The van der Waals surface area contributed by atoms with E-state index in [-0.39, 0.29) is 22.7 Å². The number of aromatic nitrogens is 2. The number of ether oxygens (including phenoxy) is 1. The van der Waals surface area contributed by atoms with E-state index in [1.165, 1.54) is 0 Å². The van der Waals surface area contributed by atoms with Crippen LogP contribution >= 0.6 is 0 Å². The largest absolute Gasteiger partial charge is 0.497 e. The molecule has 1 amide bonds. The van der Waals surface area contributed by atoms with Crippen LogP contribution in [0.2, 0.25) is 0 Å². The number of hydrogen-bond donors (Lipinski definition) is 0. The number of methoxy groups -OCH3 is 1. The van der Waals surface area contributed by atoms with Crippen LogP contribution in [0.1, 0.15) is 89.3 Å². The summed E-state index contributed by atoms with van der Waals surface area (Å²) in [5.74, 6) is 2.74. The van der Waals surface area contributed by atoms with E-state index in [2.05, 4.69) is 31.1 Å². The first kappa shape index (κ1) is 25.7.